The molecule has 1 aliphatic carbocycles. The molecule has 2 heterocycles. The molecule has 1 aliphatic rings. The first-order chi connectivity index (χ1) is 12.2. The van der Waals surface area contributed by atoms with Gasteiger partial charge in [-0.05, 0) is 72.9 Å². The molecule has 0 unspecified atom stereocenters. The van der Waals surface area contributed by atoms with E-state index in [-0.39, 0.29) is 11.5 Å². The largest absolute Gasteiger partial charge is 0.205 e. The number of halogens is 1. The van der Waals surface area contributed by atoms with Crippen LogP contribution in [0, 0.1) is 5.82 Å². The molecule has 0 bridgehead atoms. The molecule has 1 saturated carbocycles. The molecule has 1 fully saturated rings. The van der Waals surface area contributed by atoms with Crippen molar-refractivity contribution in [2.24, 2.45) is 4.99 Å². The lowest BCUT2D eigenvalue weighted by atomic mass is 10.1. The van der Waals surface area contributed by atoms with Gasteiger partial charge >= 0.3 is 0 Å². The van der Waals surface area contributed by atoms with Gasteiger partial charge in [0, 0.05) is 19.5 Å². The number of aliphatic imine (C=N–C) groups is 1. The maximum atomic E-state index is 14.1. The Morgan fingerprint density at radius 3 is 2.44 bits per heavy atom. The maximum Gasteiger partial charge on any atom is 0.150 e. The Morgan fingerprint density at radius 1 is 0.960 bits per heavy atom. The molecule has 3 aromatic rings. The van der Waals surface area contributed by atoms with Crippen molar-refractivity contribution >= 4 is 45.7 Å². The highest BCUT2D eigenvalue weighted by atomic mass is 32.1. The summed E-state index contributed by atoms with van der Waals surface area (Å²) in [5, 5.41) is 2.21. The Balaban J connectivity index is 1.60. The number of hydrogen-bond acceptors (Lipinski definition) is 4. The molecular formula is C20H16FNS3. The summed E-state index contributed by atoms with van der Waals surface area (Å²) in [5.41, 5.74) is 1.10. The first kappa shape index (κ1) is 16.8. The fourth-order valence-electron chi connectivity index (χ4n) is 3.34. The van der Waals surface area contributed by atoms with E-state index in [1.54, 1.807) is 17.4 Å². The Kier molecular flexibility index (Phi) is 4.91. The molecule has 1 nitrogen and oxygen atoms in total. The van der Waals surface area contributed by atoms with Gasteiger partial charge in [0.2, 0.25) is 0 Å². The minimum Gasteiger partial charge on any atom is -0.205 e. The van der Waals surface area contributed by atoms with Crippen LogP contribution in [0.25, 0.3) is 20.2 Å². The van der Waals surface area contributed by atoms with E-state index >= 15 is 0 Å². The highest BCUT2D eigenvalue weighted by Crippen LogP contribution is 2.43. The minimum atomic E-state index is -0.371. The Morgan fingerprint density at radius 2 is 1.68 bits per heavy atom. The fraction of sp³-hybridized carbons (Fsp3) is 0.250. The van der Waals surface area contributed by atoms with Gasteiger partial charge in [0.05, 0.1) is 5.16 Å². The molecular weight excluding hydrogens is 369 g/mol. The molecule has 5 heteroatoms. The van der Waals surface area contributed by atoms with Crippen LogP contribution in [-0.4, -0.2) is 5.16 Å². The van der Waals surface area contributed by atoms with Gasteiger partial charge in [0.25, 0.3) is 0 Å². The van der Waals surface area contributed by atoms with Gasteiger partial charge in [0.15, 0.2) is 0 Å². The molecule has 0 aliphatic heterocycles. The average molecular weight is 386 g/mol. The average Bonchev–Trinajstić information content (AvgIpc) is 3.36. The minimum absolute atomic E-state index is 0.231. The summed E-state index contributed by atoms with van der Waals surface area (Å²) in [5.74, 6) is 0.381. The summed E-state index contributed by atoms with van der Waals surface area (Å²) >= 11 is 8.14. The molecule has 0 atom stereocenters. The molecule has 25 heavy (non-hydrogen) atoms. The first-order valence-corrected chi connectivity index (χ1v) is 10.4. The van der Waals surface area contributed by atoms with Crippen LogP contribution < -0.4 is 0 Å². The fourth-order valence-corrected chi connectivity index (χ4v) is 5.71. The lowest BCUT2D eigenvalue weighted by Crippen LogP contribution is -1.85. The van der Waals surface area contributed by atoms with E-state index in [9.17, 15) is 4.39 Å². The molecule has 1 aromatic carbocycles. The second-order valence-corrected chi connectivity index (χ2v) is 8.60. The van der Waals surface area contributed by atoms with E-state index in [0.717, 1.165) is 16.4 Å². The zero-order chi connectivity index (χ0) is 17.2. The van der Waals surface area contributed by atoms with Crippen LogP contribution in [0.1, 0.15) is 36.5 Å². The molecule has 4 rings (SSSR count). The molecule has 2 aromatic heterocycles. The number of nitrogens with zero attached hydrogens (tertiary/aromatic N) is 1. The summed E-state index contributed by atoms with van der Waals surface area (Å²) in [6, 6.07) is 13.7. The Hall–Kier alpha value is -1.65. The summed E-state index contributed by atoms with van der Waals surface area (Å²) in [6.45, 7) is 0. The van der Waals surface area contributed by atoms with Crippen molar-refractivity contribution in [3.8, 4) is 20.2 Å². The van der Waals surface area contributed by atoms with Gasteiger partial charge in [0.1, 0.15) is 11.5 Å². The topological polar surface area (TPSA) is 12.4 Å². The SMILES string of the molecule is Fc1cc(-c2ccc(-c3ccc(C4CCCC4)s3)s2)ccc1N=C=S. The Labute approximate surface area is 159 Å². The first-order valence-electron chi connectivity index (χ1n) is 8.32. The zero-order valence-corrected chi connectivity index (χ0v) is 15.9. The van der Waals surface area contributed by atoms with E-state index < -0.39 is 0 Å². The second kappa shape index (κ2) is 7.30. The van der Waals surface area contributed by atoms with Gasteiger partial charge < -0.3 is 0 Å². The van der Waals surface area contributed by atoms with Crippen molar-refractivity contribution in [3.05, 3.63) is 53.2 Å². The third-order valence-corrected chi connectivity index (χ3v) is 7.30. The van der Waals surface area contributed by atoms with E-state index in [4.69, 9.17) is 0 Å². The van der Waals surface area contributed by atoms with Crippen LogP contribution in [-0.2, 0) is 0 Å². The zero-order valence-electron chi connectivity index (χ0n) is 13.5. The number of isothiocyanates is 1. The lowest BCUT2D eigenvalue weighted by molar-refractivity contribution is 0.630. The third-order valence-electron chi connectivity index (χ3n) is 4.63. The van der Waals surface area contributed by atoms with Gasteiger partial charge in [-0.15, -0.1) is 22.7 Å². The lowest BCUT2D eigenvalue weighted by Gasteiger charge is -2.03. The van der Waals surface area contributed by atoms with Gasteiger partial charge in [-0.25, -0.2) is 4.39 Å². The monoisotopic (exact) mass is 385 g/mol. The molecule has 0 amide bonds. The molecule has 0 N–H and O–H groups in total. The summed E-state index contributed by atoms with van der Waals surface area (Å²) in [6.07, 6.45) is 5.36. The summed E-state index contributed by atoms with van der Waals surface area (Å²) < 4.78 is 14.1. The molecule has 0 radical (unpaired) electrons. The summed E-state index contributed by atoms with van der Waals surface area (Å²) in [4.78, 5) is 8.84. The van der Waals surface area contributed by atoms with E-state index in [0.29, 0.717) is 0 Å². The number of hydrogen-bond donors (Lipinski definition) is 0. The number of thiophene rings is 2. The van der Waals surface area contributed by atoms with Crippen molar-refractivity contribution in [2.45, 2.75) is 31.6 Å². The quantitative estimate of drug-likeness (QED) is 0.331. The van der Waals surface area contributed by atoms with Crippen molar-refractivity contribution < 1.29 is 4.39 Å². The predicted octanol–water partition coefficient (Wildman–Crippen LogP) is 7.67. The molecule has 126 valence electrons. The van der Waals surface area contributed by atoms with Crippen LogP contribution in [0.15, 0.2) is 47.5 Å². The highest BCUT2D eigenvalue weighted by Gasteiger charge is 2.19. The smallest absolute Gasteiger partial charge is 0.150 e. The van der Waals surface area contributed by atoms with Crippen LogP contribution in [0.4, 0.5) is 10.1 Å². The van der Waals surface area contributed by atoms with Gasteiger partial charge in [-0.1, -0.05) is 18.9 Å². The van der Waals surface area contributed by atoms with E-state index in [2.05, 4.69) is 46.6 Å². The van der Waals surface area contributed by atoms with Crippen molar-refractivity contribution in [1.29, 1.82) is 0 Å². The van der Waals surface area contributed by atoms with Crippen LogP contribution in [0.2, 0.25) is 0 Å². The maximum absolute atomic E-state index is 14.1. The van der Waals surface area contributed by atoms with Gasteiger partial charge in [-0.3, -0.25) is 0 Å². The second-order valence-electron chi connectivity index (χ2n) is 6.22. The number of benzene rings is 1. The van der Waals surface area contributed by atoms with Crippen LogP contribution in [0.5, 0.6) is 0 Å². The number of thiocarbonyl (C=S) groups is 1. The normalized spacial score (nSPS) is 14.6. The number of rotatable bonds is 4. The molecule has 0 spiro atoms. The van der Waals surface area contributed by atoms with Crippen LogP contribution >= 0.6 is 34.9 Å². The third kappa shape index (κ3) is 3.51. The highest BCUT2D eigenvalue weighted by molar-refractivity contribution is 7.78. The van der Waals surface area contributed by atoms with E-state index in [1.165, 1.54) is 46.4 Å². The van der Waals surface area contributed by atoms with Crippen molar-refractivity contribution in [1.82, 2.24) is 0 Å². The van der Waals surface area contributed by atoms with Gasteiger partial charge in [-0.2, -0.15) is 4.99 Å². The standard InChI is InChI=1S/C20H16FNS3/c21-15-11-14(5-6-16(15)22-12-23)18-8-10-20(25-18)19-9-7-17(24-19)13-3-1-2-4-13/h5-11,13H,1-4H2. The molecule has 0 saturated heterocycles. The van der Waals surface area contributed by atoms with Crippen molar-refractivity contribution in [2.75, 3.05) is 0 Å². The summed E-state index contributed by atoms with van der Waals surface area (Å²) in [7, 11) is 0. The van der Waals surface area contributed by atoms with E-state index in [1.807, 2.05) is 17.4 Å². The predicted molar refractivity (Wildman–Crippen MR) is 109 cm³/mol. The van der Waals surface area contributed by atoms with Crippen LogP contribution in [0.3, 0.4) is 0 Å². The Bertz CT molecular complexity index is 944. The van der Waals surface area contributed by atoms with Crippen molar-refractivity contribution in [3.63, 3.8) is 0 Å².